The SMILES string of the molecule is CC(=O)N(C1=CCC(C)(Cl)C(C#N)=C1)c1cc(N)ccn1. The highest BCUT2D eigenvalue weighted by Gasteiger charge is 2.31. The molecule has 21 heavy (non-hydrogen) atoms. The number of pyridine rings is 1. The van der Waals surface area contributed by atoms with Gasteiger partial charge >= 0.3 is 0 Å². The average Bonchev–Trinajstić information content (AvgIpc) is 2.40. The number of halogens is 1. The molecule has 0 saturated heterocycles. The average molecular weight is 303 g/mol. The van der Waals surface area contributed by atoms with Gasteiger partial charge in [0.15, 0.2) is 0 Å². The fourth-order valence-electron chi connectivity index (χ4n) is 2.10. The van der Waals surface area contributed by atoms with E-state index in [1.807, 2.05) is 6.08 Å². The second-order valence-corrected chi connectivity index (χ2v) is 5.84. The Hall–Kier alpha value is -2.32. The van der Waals surface area contributed by atoms with Crippen LogP contribution in [0.3, 0.4) is 0 Å². The maximum absolute atomic E-state index is 12.0. The first kappa shape index (κ1) is 15.1. The van der Waals surface area contributed by atoms with Gasteiger partial charge < -0.3 is 5.73 Å². The quantitative estimate of drug-likeness (QED) is 0.851. The molecule has 1 aromatic heterocycles. The smallest absolute Gasteiger partial charge is 0.229 e. The summed E-state index contributed by atoms with van der Waals surface area (Å²) in [6.45, 7) is 3.20. The number of carbonyl (C=O) groups is 1. The van der Waals surface area contributed by atoms with Gasteiger partial charge in [0, 0.05) is 30.6 Å². The van der Waals surface area contributed by atoms with Crippen LogP contribution in [-0.2, 0) is 4.79 Å². The highest BCUT2D eigenvalue weighted by molar-refractivity contribution is 6.26. The molecule has 1 amide bonds. The zero-order valence-electron chi connectivity index (χ0n) is 11.8. The van der Waals surface area contributed by atoms with Gasteiger partial charge in [0.2, 0.25) is 5.91 Å². The van der Waals surface area contributed by atoms with Gasteiger partial charge in [-0.2, -0.15) is 5.26 Å². The van der Waals surface area contributed by atoms with Crippen LogP contribution >= 0.6 is 11.6 Å². The first-order valence-electron chi connectivity index (χ1n) is 6.39. The second kappa shape index (κ2) is 5.58. The molecule has 1 unspecified atom stereocenters. The second-order valence-electron chi connectivity index (χ2n) is 5.00. The molecule has 1 atom stereocenters. The molecule has 1 aliphatic rings. The lowest BCUT2D eigenvalue weighted by Crippen LogP contribution is -2.31. The molecule has 6 heteroatoms. The Morgan fingerprint density at radius 1 is 1.62 bits per heavy atom. The van der Waals surface area contributed by atoms with E-state index in [2.05, 4.69) is 11.1 Å². The van der Waals surface area contributed by atoms with Gasteiger partial charge in [0.05, 0.1) is 16.5 Å². The highest BCUT2D eigenvalue weighted by atomic mass is 35.5. The number of carbonyl (C=O) groups excluding carboxylic acids is 1. The van der Waals surface area contributed by atoms with Crippen molar-refractivity contribution in [1.29, 1.82) is 5.26 Å². The minimum Gasteiger partial charge on any atom is -0.399 e. The van der Waals surface area contributed by atoms with Gasteiger partial charge in [-0.25, -0.2) is 4.98 Å². The molecule has 0 aliphatic heterocycles. The summed E-state index contributed by atoms with van der Waals surface area (Å²) in [5, 5.41) is 9.21. The van der Waals surface area contributed by atoms with Crippen LogP contribution in [0.1, 0.15) is 20.3 Å². The van der Waals surface area contributed by atoms with Crippen molar-refractivity contribution in [3.05, 3.63) is 41.8 Å². The number of hydrogen-bond donors (Lipinski definition) is 1. The number of anilines is 2. The van der Waals surface area contributed by atoms with Crippen molar-refractivity contribution in [2.24, 2.45) is 0 Å². The van der Waals surface area contributed by atoms with Crippen molar-refractivity contribution in [3.8, 4) is 6.07 Å². The normalized spacial score (nSPS) is 21.0. The molecule has 0 bridgehead atoms. The number of allylic oxidation sites excluding steroid dienone is 3. The van der Waals surface area contributed by atoms with Gasteiger partial charge in [-0.3, -0.25) is 9.69 Å². The molecule has 1 aliphatic carbocycles. The highest BCUT2D eigenvalue weighted by Crippen LogP contribution is 2.35. The molecule has 2 rings (SSSR count). The summed E-state index contributed by atoms with van der Waals surface area (Å²) in [5.74, 6) is 0.200. The zero-order chi connectivity index (χ0) is 15.6. The van der Waals surface area contributed by atoms with E-state index in [9.17, 15) is 10.1 Å². The third-order valence-corrected chi connectivity index (χ3v) is 3.60. The number of nitriles is 1. The summed E-state index contributed by atoms with van der Waals surface area (Å²) in [6.07, 6.45) is 5.42. The molecule has 0 aromatic carbocycles. The van der Waals surface area contributed by atoms with E-state index in [1.54, 1.807) is 25.1 Å². The summed E-state index contributed by atoms with van der Waals surface area (Å²) in [4.78, 5) is 16.8. The minimum absolute atomic E-state index is 0.217. The molecular formula is C15H15ClN4O. The lowest BCUT2D eigenvalue weighted by atomic mass is 9.91. The van der Waals surface area contributed by atoms with E-state index in [4.69, 9.17) is 17.3 Å². The van der Waals surface area contributed by atoms with E-state index >= 15 is 0 Å². The van der Waals surface area contributed by atoms with E-state index in [0.29, 0.717) is 29.2 Å². The van der Waals surface area contributed by atoms with Crippen LogP contribution in [0.2, 0.25) is 0 Å². The van der Waals surface area contributed by atoms with Gasteiger partial charge in [-0.15, -0.1) is 11.6 Å². The minimum atomic E-state index is -0.746. The third-order valence-electron chi connectivity index (χ3n) is 3.24. The Kier molecular flexibility index (Phi) is 4.01. The number of nitrogen functional groups attached to an aromatic ring is 1. The lowest BCUT2D eigenvalue weighted by molar-refractivity contribution is -0.116. The number of amides is 1. The zero-order valence-corrected chi connectivity index (χ0v) is 12.6. The maximum atomic E-state index is 12.0. The first-order chi connectivity index (χ1) is 9.85. The Morgan fingerprint density at radius 2 is 2.33 bits per heavy atom. The maximum Gasteiger partial charge on any atom is 0.229 e. The Morgan fingerprint density at radius 3 is 2.90 bits per heavy atom. The van der Waals surface area contributed by atoms with Crippen LogP contribution in [0.5, 0.6) is 0 Å². The fourth-order valence-corrected chi connectivity index (χ4v) is 2.27. The Labute approximate surface area is 128 Å². The van der Waals surface area contributed by atoms with Crippen molar-refractivity contribution < 1.29 is 4.79 Å². The number of nitrogens with two attached hydrogens (primary N) is 1. The molecule has 1 heterocycles. The predicted octanol–water partition coefficient (Wildman–Crippen LogP) is 2.75. The predicted molar refractivity (Wildman–Crippen MR) is 82.5 cm³/mol. The fraction of sp³-hybridized carbons (Fsp3) is 0.267. The van der Waals surface area contributed by atoms with Gasteiger partial charge in [0.25, 0.3) is 0 Å². The molecule has 0 saturated carbocycles. The summed E-state index contributed by atoms with van der Waals surface area (Å²) >= 11 is 6.28. The van der Waals surface area contributed by atoms with E-state index in [0.717, 1.165) is 0 Å². The van der Waals surface area contributed by atoms with Gasteiger partial charge in [0.1, 0.15) is 5.82 Å². The van der Waals surface area contributed by atoms with E-state index in [1.165, 1.54) is 18.0 Å². The van der Waals surface area contributed by atoms with Crippen LogP contribution in [0.25, 0.3) is 0 Å². The van der Waals surface area contributed by atoms with E-state index < -0.39 is 4.87 Å². The molecular weight excluding hydrogens is 288 g/mol. The molecule has 0 fully saturated rings. The van der Waals surface area contributed by atoms with Crippen LogP contribution < -0.4 is 10.6 Å². The number of nitrogens with zero attached hydrogens (tertiary/aromatic N) is 3. The largest absolute Gasteiger partial charge is 0.399 e. The third kappa shape index (κ3) is 3.06. The number of alkyl halides is 1. The van der Waals surface area contributed by atoms with Gasteiger partial charge in [-0.1, -0.05) is 6.08 Å². The van der Waals surface area contributed by atoms with Crippen molar-refractivity contribution in [2.45, 2.75) is 25.1 Å². The monoisotopic (exact) mass is 302 g/mol. The van der Waals surface area contributed by atoms with Gasteiger partial charge in [-0.05, 0) is 25.5 Å². The number of rotatable bonds is 2. The molecule has 5 nitrogen and oxygen atoms in total. The van der Waals surface area contributed by atoms with Crippen molar-refractivity contribution in [2.75, 3.05) is 10.6 Å². The van der Waals surface area contributed by atoms with Crippen LogP contribution in [-0.4, -0.2) is 15.8 Å². The van der Waals surface area contributed by atoms with Crippen LogP contribution in [0.15, 0.2) is 41.8 Å². The van der Waals surface area contributed by atoms with Crippen molar-refractivity contribution in [1.82, 2.24) is 4.98 Å². The number of hydrogen-bond acceptors (Lipinski definition) is 4. The summed E-state index contributed by atoms with van der Waals surface area (Å²) in [6, 6.07) is 5.34. The summed E-state index contributed by atoms with van der Waals surface area (Å²) in [7, 11) is 0. The van der Waals surface area contributed by atoms with Crippen molar-refractivity contribution in [3.63, 3.8) is 0 Å². The topological polar surface area (TPSA) is 83.0 Å². The van der Waals surface area contributed by atoms with Crippen LogP contribution in [0, 0.1) is 11.3 Å². The molecule has 0 spiro atoms. The first-order valence-corrected chi connectivity index (χ1v) is 6.76. The van der Waals surface area contributed by atoms with Crippen molar-refractivity contribution >= 4 is 29.0 Å². The lowest BCUT2D eigenvalue weighted by Gasteiger charge is -2.29. The summed E-state index contributed by atoms with van der Waals surface area (Å²) < 4.78 is 0. The molecule has 108 valence electrons. The standard InChI is InChI=1S/C15H15ClN4O/c1-10(21)20(14-8-12(18)4-6-19-14)13-3-5-15(2,16)11(7-13)9-17/h3-4,6-8H,5H2,1-2H3,(H2,18,19). The number of aromatic nitrogens is 1. The molecule has 2 N–H and O–H groups in total. The molecule has 0 radical (unpaired) electrons. The Balaban J connectivity index is 2.47. The van der Waals surface area contributed by atoms with E-state index in [-0.39, 0.29) is 5.91 Å². The Bertz CT molecular complexity index is 685. The summed E-state index contributed by atoms with van der Waals surface area (Å²) in [5.41, 5.74) is 7.24. The molecule has 1 aromatic rings. The van der Waals surface area contributed by atoms with Crippen LogP contribution in [0.4, 0.5) is 11.5 Å².